The van der Waals surface area contributed by atoms with Crippen LogP contribution in [0, 0.1) is 0 Å². The fourth-order valence-electron chi connectivity index (χ4n) is 1.29. The Labute approximate surface area is 95.0 Å². The Balaban J connectivity index is 2.49. The van der Waals surface area contributed by atoms with Crippen LogP contribution in [0.1, 0.15) is 18.1 Å². The van der Waals surface area contributed by atoms with Crippen molar-refractivity contribution in [3.05, 3.63) is 35.4 Å². The summed E-state index contributed by atoms with van der Waals surface area (Å²) in [5.41, 5.74) is 2.17. The molecule has 0 fully saturated rings. The van der Waals surface area contributed by atoms with Gasteiger partial charge in [-0.15, -0.1) is 0 Å². The number of rotatable bonds is 5. The summed E-state index contributed by atoms with van der Waals surface area (Å²) in [6.07, 6.45) is 0. The number of amides is 1. The summed E-state index contributed by atoms with van der Waals surface area (Å²) in [4.78, 5) is 21.7. The zero-order valence-electron chi connectivity index (χ0n) is 9.54. The zero-order chi connectivity index (χ0) is 12.0. The van der Waals surface area contributed by atoms with Crippen LogP contribution in [-0.4, -0.2) is 18.7 Å². The molecule has 0 unspecified atom stereocenters. The number of benzene rings is 1. The minimum absolute atomic E-state index is 0.387. The van der Waals surface area contributed by atoms with Crippen LogP contribution in [0.25, 0.3) is 0 Å². The highest BCUT2D eigenvalue weighted by molar-refractivity contribution is 6.35. The van der Waals surface area contributed by atoms with Crippen molar-refractivity contribution in [2.24, 2.45) is 0 Å². The number of hydrogen-bond donors (Lipinski definition) is 2. The van der Waals surface area contributed by atoms with Crippen molar-refractivity contribution in [3.8, 4) is 0 Å². The van der Waals surface area contributed by atoms with Crippen LogP contribution in [0.5, 0.6) is 0 Å². The summed E-state index contributed by atoms with van der Waals surface area (Å²) < 4.78 is 0. The third-order valence-electron chi connectivity index (χ3n) is 2.18. The molecule has 1 rings (SSSR count). The lowest BCUT2D eigenvalue weighted by Gasteiger charge is -2.04. The third-order valence-corrected chi connectivity index (χ3v) is 2.18. The lowest BCUT2D eigenvalue weighted by Crippen LogP contribution is -2.28. The molecule has 0 atom stereocenters. The summed E-state index contributed by atoms with van der Waals surface area (Å²) in [5.74, 6) is -1.01. The van der Waals surface area contributed by atoms with Gasteiger partial charge in [0.15, 0.2) is 0 Å². The second kappa shape index (κ2) is 6.02. The smallest absolute Gasteiger partial charge is 0.287 e. The van der Waals surface area contributed by atoms with Crippen LogP contribution in [-0.2, 0) is 22.7 Å². The highest BCUT2D eigenvalue weighted by atomic mass is 16.2. The molecule has 0 spiro atoms. The van der Waals surface area contributed by atoms with Crippen molar-refractivity contribution in [1.29, 1.82) is 0 Å². The van der Waals surface area contributed by atoms with Crippen molar-refractivity contribution in [2.45, 2.75) is 20.0 Å². The van der Waals surface area contributed by atoms with E-state index in [2.05, 4.69) is 10.6 Å². The maximum Gasteiger partial charge on any atom is 0.287 e. The van der Waals surface area contributed by atoms with E-state index in [1.54, 1.807) is 0 Å². The molecule has 0 aliphatic heterocycles. The number of Topliss-reactive ketones (excluding diaryl/α,β-unsaturated/α-hetero) is 1. The zero-order valence-corrected chi connectivity index (χ0v) is 9.54. The van der Waals surface area contributed by atoms with Gasteiger partial charge < -0.3 is 10.6 Å². The van der Waals surface area contributed by atoms with E-state index in [4.69, 9.17) is 0 Å². The molecule has 0 aromatic heterocycles. The number of carbonyl (C=O) groups is 2. The lowest BCUT2D eigenvalue weighted by atomic mass is 10.1. The van der Waals surface area contributed by atoms with E-state index in [0.29, 0.717) is 6.54 Å². The average molecular weight is 220 g/mol. The molecule has 4 heteroatoms. The largest absolute Gasteiger partial charge is 0.345 e. The molecule has 1 amide bonds. The molecule has 16 heavy (non-hydrogen) atoms. The van der Waals surface area contributed by atoms with E-state index < -0.39 is 11.7 Å². The van der Waals surface area contributed by atoms with Crippen LogP contribution in [0.3, 0.4) is 0 Å². The van der Waals surface area contributed by atoms with Crippen LogP contribution in [0.15, 0.2) is 24.3 Å². The number of hydrogen-bond acceptors (Lipinski definition) is 3. The van der Waals surface area contributed by atoms with Crippen LogP contribution >= 0.6 is 0 Å². The molecule has 0 radical (unpaired) electrons. The Hall–Kier alpha value is -1.68. The first-order chi connectivity index (χ1) is 7.63. The fraction of sp³-hybridized carbons (Fsp3) is 0.333. The Kier molecular flexibility index (Phi) is 4.66. The van der Waals surface area contributed by atoms with Crippen molar-refractivity contribution in [3.63, 3.8) is 0 Å². The molecule has 0 bridgehead atoms. The molecular formula is C12H16N2O2. The lowest BCUT2D eigenvalue weighted by molar-refractivity contribution is -0.136. The summed E-state index contributed by atoms with van der Waals surface area (Å²) in [6.45, 7) is 2.46. The molecule has 0 saturated carbocycles. The topological polar surface area (TPSA) is 58.2 Å². The molecule has 1 aromatic rings. The number of carbonyl (C=O) groups excluding carboxylic acids is 2. The quantitative estimate of drug-likeness (QED) is 0.715. The van der Waals surface area contributed by atoms with Gasteiger partial charge in [-0.2, -0.15) is 0 Å². The van der Waals surface area contributed by atoms with E-state index in [1.165, 1.54) is 12.5 Å². The van der Waals surface area contributed by atoms with Gasteiger partial charge in [-0.05, 0) is 18.2 Å². The minimum Gasteiger partial charge on any atom is -0.345 e. The van der Waals surface area contributed by atoms with E-state index in [1.807, 2.05) is 31.3 Å². The van der Waals surface area contributed by atoms with Crippen LogP contribution < -0.4 is 10.6 Å². The van der Waals surface area contributed by atoms with Crippen molar-refractivity contribution < 1.29 is 9.59 Å². The van der Waals surface area contributed by atoms with E-state index in [-0.39, 0.29) is 0 Å². The van der Waals surface area contributed by atoms with Gasteiger partial charge in [0, 0.05) is 20.0 Å². The van der Waals surface area contributed by atoms with Crippen molar-refractivity contribution in [2.75, 3.05) is 7.05 Å². The molecule has 86 valence electrons. The monoisotopic (exact) mass is 220 g/mol. The molecule has 0 saturated heterocycles. The average Bonchev–Trinajstić information content (AvgIpc) is 2.28. The number of nitrogens with one attached hydrogen (secondary N) is 2. The normalized spacial score (nSPS) is 9.88. The van der Waals surface area contributed by atoms with Gasteiger partial charge in [-0.25, -0.2) is 0 Å². The Morgan fingerprint density at radius 1 is 1.06 bits per heavy atom. The van der Waals surface area contributed by atoms with E-state index in [9.17, 15) is 9.59 Å². The summed E-state index contributed by atoms with van der Waals surface area (Å²) in [7, 11) is 1.89. The Morgan fingerprint density at radius 2 is 1.56 bits per heavy atom. The van der Waals surface area contributed by atoms with Crippen LogP contribution in [0.2, 0.25) is 0 Å². The standard InChI is InChI=1S/C12H16N2O2/c1-9(15)12(16)14-8-11-5-3-10(4-6-11)7-13-2/h3-6,13H,7-8H2,1-2H3,(H,14,16). The molecule has 0 heterocycles. The molecule has 1 aromatic carbocycles. The maximum atomic E-state index is 11.0. The third kappa shape index (κ3) is 3.82. The first kappa shape index (κ1) is 12.4. The van der Waals surface area contributed by atoms with Crippen molar-refractivity contribution in [1.82, 2.24) is 10.6 Å². The summed E-state index contributed by atoms with van der Waals surface area (Å²) in [5, 5.41) is 5.60. The first-order valence-electron chi connectivity index (χ1n) is 5.14. The highest BCUT2D eigenvalue weighted by Gasteiger charge is 2.05. The van der Waals surface area contributed by atoms with E-state index in [0.717, 1.165) is 12.1 Å². The predicted molar refractivity (Wildman–Crippen MR) is 61.7 cm³/mol. The fourth-order valence-corrected chi connectivity index (χ4v) is 1.29. The first-order valence-corrected chi connectivity index (χ1v) is 5.14. The molecule has 0 aliphatic carbocycles. The second-order valence-electron chi connectivity index (χ2n) is 3.59. The maximum absolute atomic E-state index is 11.0. The molecule has 2 N–H and O–H groups in total. The van der Waals surface area contributed by atoms with Gasteiger partial charge in [0.1, 0.15) is 0 Å². The highest BCUT2D eigenvalue weighted by Crippen LogP contribution is 2.03. The van der Waals surface area contributed by atoms with Crippen LogP contribution in [0.4, 0.5) is 0 Å². The van der Waals surface area contributed by atoms with Gasteiger partial charge >= 0.3 is 0 Å². The SMILES string of the molecule is CNCc1ccc(CNC(=O)C(C)=O)cc1. The minimum atomic E-state index is -0.542. The summed E-state index contributed by atoms with van der Waals surface area (Å²) >= 11 is 0. The van der Waals surface area contributed by atoms with Gasteiger partial charge in [-0.1, -0.05) is 24.3 Å². The molecule has 4 nitrogen and oxygen atoms in total. The van der Waals surface area contributed by atoms with Gasteiger partial charge in [-0.3, -0.25) is 9.59 Å². The van der Waals surface area contributed by atoms with Gasteiger partial charge in [0.2, 0.25) is 5.78 Å². The van der Waals surface area contributed by atoms with Crippen molar-refractivity contribution >= 4 is 11.7 Å². The van der Waals surface area contributed by atoms with Gasteiger partial charge in [0.05, 0.1) is 0 Å². The summed E-state index contributed by atoms with van der Waals surface area (Å²) in [6, 6.07) is 7.86. The molecular weight excluding hydrogens is 204 g/mol. The number of ketones is 1. The molecule has 0 aliphatic rings. The van der Waals surface area contributed by atoms with Gasteiger partial charge in [0.25, 0.3) is 5.91 Å². The van der Waals surface area contributed by atoms with E-state index >= 15 is 0 Å². The second-order valence-corrected chi connectivity index (χ2v) is 3.59. The Morgan fingerprint density at radius 3 is 2.00 bits per heavy atom. The predicted octanol–water partition coefficient (Wildman–Crippen LogP) is 0.611. The Bertz CT molecular complexity index is 371.